The molecule has 9 heteroatoms. The van der Waals surface area contributed by atoms with E-state index in [1.807, 2.05) is 24.3 Å². The number of hydrogen-bond acceptors (Lipinski definition) is 8. The third-order valence-electron chi connectivity index (χ3n) is 7.29. The summed E-state index contributed by atoms with van der Waals surface area (Å²) in [5.74, 6) is 0.212. The Labute approximate surface area is 271 Å². The average molecular weight is 632 g/mol. The summed E-state index contributed by atoms with van der Waals surface area (Å²) in [6.45, 7) is 8.99. The highest BCUT2D eigenvalue weighted by molar-refractivity contribution is 5.92. The molecule has 46 heavy (non-hydrogen) atoms. The summed E-state index contributed by atoms with van der Waals surface area (Å²) in [4.78, 5) is 35.4. The highest BCUT2D eigenvalue weighted by Crippen LogP contribution is 2.33. The Morgan fingerprint density at radius 3 is 1.80 bits per heavy atom. The Hall–Kier alpha value is -4.66. The second kappa shape index (κ2) is 19.7. The first-order valence-electron chi connectivity index (χ1n) is 16.1. The van der Waals surface area contributed by atoms with Crippen molar-refractivity contribution in [3.63, 3.8) is 0 Å². The lowest BCUT2D eigenvalue weighted by molar-refractivity contribution is -0.385. The Morgan fingerprint density at radius 2 is 1.24 bits per heavy atom. The van der Waals surface area contributed by atoms with Crippen LogP contribution < -0.4 is 14.2 Å². The van der Waals surface area contributed by atoms with E-state index in [0.717, 1.165) is 62.7 Å². The van der Waals surface area contributed by atoms with Gasteiger partial charge in [-0.15, -0.1) is 0 Å². The molecule has 0 amide bonds. The highest BCUT2D eigenvalue weighted by Gasteiger charge is 2.20. The van der Waals surface area contributed by atoms with Crippen LogP contribution in [0.25, 0.3) is 11.1 Å². The van der Waals surface area contributed by atoms with E-state index in [2.05, 4.69) is 13.5 Å². The lowest BCUT2D eigenvalue weighted by Crippen LogP contribution is -2.10. The zero-order valence-electron chi connectivity index (χ0n) is 27.0. The number of unbranched alkanes of at least 4 members (excludes halogenated alkanes) is 8. The molecule has 0 aliphatic heterocycles. The number of nitro groups is 1. The quantitative estimate of drug-likeness (QED) is 0.0285. The van der Waals surface area contributed by atoms with Crippen molar-refractivity contribution in [1.29, 1.82) is 0 Å². The molecular formula is C37H45NO8. The number of carbonyl (C=O) groups is 2. The van der Waals surface area contributed by atoms with E-state index in [1.165, 1.54) is 25.0 Å². The normalized spacial score (nSPS) is 10.7. The molecule has 0 aliphatic rings. The molecule has 9 nitrogen and oxygen atoms in total. The molecule has 0 unspecified atom stereocenters. The summed E-state index contributed by atoms with van der Waals surface area (Å²) in [7, 11) is 0. The van der Waals surface area contributed by atoms with Crippen molar-refractivity contribution in [3.05, 3.63) is 94.6 Å². The topological polar surface area (TPSA) is 114 Å². The Balaban J connectivity index is 1.43. The van der Waals surface area contributed by atoms with Crippen LogP contribution in [0.2, 0.25) is 0 Å². The second-order valence-corrected chi connectivity index (χ2v) is 11.2. The molecule has 0 aliphatic carbocycles. The monoisotopic (exact) mass is 631 g/mol. The number of ether oxygens (including phenoxy) is 4. The highest BCUT2D eigenvalue weighted by atomic mass is 16.6. The first-order valence-corrected chi connectivity index (χ1v) is 16.1. The SMILES string of the molecule is C=C(C)C(=O)OCCCCCCCCOc1ccc(C(=O)Oc2ccc(-c3ccc(OCCCCCC)cc3)cc2[N+](=O)[O-])cc1. The fourth-order valence-corrected chi connectivity index (χ4v) is 4.62. The van der Waals surface area contributed by atoms with Crippen LogP contribution >= 0.6 is 0 Å². The number of benzene rings is 3. The molecule has 0 bridgehead atoms. The standard InChI is InChI=1S/C37H45NO8/c1-4-5-6-11-24-43-32-19-14-29(15-20-32)31-18-23-35(34(27-31)38(41)42)46-37(40)30-16-21-33(22-17-30)44-25-12-9-7-8-10-13-26-45-36(39)28(2)3/h14-23,27H,2,4-13,24-26H2,1,3H3. The summed E-state index contributed by atoms with van der Waals surface area (Å²) in [5, 5.41) is 11.8. The van der Waals surface area contributed by atoms with E-state index in [4.69, 9.17) is 18.9 Å². The molecule has 0 saturated heterocycles. The number of carbonyl (C=O) groups excluding carboxylic acids is 2. The molecule has 3 rings (SSSR count). The Morgan fingerprint density at radius 1 is 0.717 bits per heavy atom. The zero-order valence-corrected chi connectivity index (χ0v) is 27.0. The van der Waals surface area contributed by atoms with Crippen LogP contribution in [0.4, 0.5) is 5.69 Å². The third-order valence-corrected chi connectivity index (χ3v) is 7.29. The molecule has 3 aromatic carbocycles. The van der Waals surface area contributed by atoms with Crippen LogP contribution in [0.1, 0.15) is 88.4 Å². The number of nitro benzene ring substituents is 1. The summed E-state index contributed by atoms with van der Waals surface area (Å²) >= 11 is 0. The van der Waals surface area contributed by atoms with E-state index in [9.17, 15) is 19.7 Å². The largest absolute Gasteiger partial charge is 0.494 e. The van der Waals surface area contributed by atoms with Crippen LogP contribution in [0.5, 0.6) is 17.2 Å². The minimum Gasteiger partial charge on any atom is -0.494 e. The van der Waals surface area contributed by atoms with Gasteiger partial charge in [-0.2, -0.15) is 0 Å². The predicted molar refractivity (Wildman–Crippen MR) is 179 cm³/mol. The smallest absolute Gasteiger partial charge is 0.343 e. The first-order chi connectivity index (χ1) is 22.3. The Kier molecular flexibility index (Phi) is 15.3. The van der Waals surface area contributed by atoms with Crippen molar-refractivity contribution in [1.82, 2.24) is 0 Å². The zero-order chi connectivity index (χ0) is 33.1. The number of rotatable bonds is 21. The van der Waals surface area contributed by atoms with Gasteiger partial charge in [0.1, 0.15) is 11.5 Å². The number of esters is 2. The van der Waals surface area contributed by atoms with Gasteiger partial charge in [-0.3, -0.25) is 10.1 Å². The third kappa shape index (κ3) is 12.4. The van der Waals surface area contributed by atoms with E-state index >= 15 is 0 Å². The van der Waals surface area contributed by atoms with E-state index in [-0.39, 0.29) is 23.0 Å². The van der Waals surface area contributed by atoms with E-state index in [1.54, 1.807) is 37.3 Å². The lowest BCUT2D eigenvalue weighted by Gasteiger charge is -2.10. The van der Waals surface area contributed by atoms with Crippen molar-refractivity contribution < 1.29 is 33.5 Å². The average Bonchev–Trinajstić information content (AvgIpc) is 3.06. The molecule has 0 heterocycles. The van der Waals surface area contributed by atoms with Gasteiger partial charge in [0.15, 0.2) is 0 Å². The summed E-state index contributed by atoms with van der Waals surface area (Å²) in [5.41, 5.74) is 1.79. The molecule has 0 aromatic heterocycles. The maximum Gasteiger partial charge on any atom is 0.343 e. The van der Waals surface area contributed by atoms with Gasteiger partial charge >= 0.3 is 17.6 Å². The van der Waals surface area contributed by atoms with Crippen molar-refractivity contribution in [2.75, 3.05) is 19.8 Å². The minimum atomic E-state index is -0.697. The fraction of sp³-hybridized carbons (Fsp3) is 0.405. The van der Waals surface area contributed by atoms with Crippen molar-refractivity contribution >= 4 is 17.6 Å². The van der Waals surface area contributed by atoms with Crippen molar-refractivity contribution in [3.8, 4) is 28.4 Å². The van der Waals surface area contributed by atoms with Crippen LogP contribution in [0.3, 0.4) is 0 Å². The van der Waals surface area contributed by atoms with Crippen molar-refractivity contribution in [2.24, 2.45) is 0 Å². The molecule has 0 fully saturated rings. The minimum absolute atomic E-state index is 0.126. The molecule has 0 saturated carbocycles. The van der Waals surface area contributed by atoms with Gasteiger partial charge in [0, 0.05) is 11.6 Å². The maximum absolute atomic E-state index is 12.8. The summed E-state index contributed by atoms with van der Waals surface area (Å²) < 4.78 is 22.1. The van der Waals surface area contributed by atoms with Crippen LogP contribution in [-0.4, -0.2) is 36.7 Å². The van der Waals surface area contributed by atoms with Gasteiger partial charge in [0.05, 0.1) is 30.3 Å². The van der Waals surface area contributed by atoms with Gasteiger partial charge in [-0.1, -0.05) is 76.6 Å². The van der Waals surface area contributed by atoms with Gasteiger partial charge in [0.25, 0.3) is 0 Å². The van der Waals surface area contributed by atoms with Gasteiger partial charge in [-0.25, -0.2) is 9.59 Å². The van der Waals surface area contributed by atoms with Gasteiger partial charge in [0.2, 0.25) is 5.75 Å². The molecule has 3 aromatic rings. The van der Waals surface area contributed by atoms with E-state index in [0.29, 0.717) is 36.7 Å². The maximum atomic E-state index is 12.8. The summed E-state index contributed by atoms with van der Waals surface area (Å²) in [6, 6.07) is 18.4. The van der Waals surface area contributed by atoms with Crippen LogP contribution in [0.15, 0.2) is 78.9 Å². The first kappa shape index (κ1) is 35.8. The van der Waals surface area contributed by atoms with Crippen LogP contribution in [0, 0.1) is 10.1 Å². The summed E-state index contributed by atoms with van der Waals surface area (Å²) in [6.07, 6.45) is 10.4. The number of nitrogens with zero attached hydrogens (tertiary/aromatic N) is 1. The van der Waals surface area contributed by atoms with Gasteiger partial charge in [-0.05, 0) is 79.8 Å². The molecular weight excluding hydrogens is 586 g/mol. The second-order valence-electron chi connectivity index (χ2n) is 11.2. The van der Waals surface area contributed by atoms with Crippen LogP contribution in [-0.2, 0) is 9.53 Å². The van der Waals surface area contributed by atoms with E-state index < -0.39 is 10.9 Å². The Bertz CT molecular complexity index is 1420. The molecule has 0 N–H and O–H groups in total. The molecule has 0 atom stereocenters. The van der Waals surface area contributed by atoms with Crippen molar-refractivity contribution in [2.45, 2.75) is 78.1 Å². The predicted octanol–water partition coefficient (Wildman–Crippen LogP) is 9.28. The molecule has 0 radical (unpaired) electrons. The molecule has 0 spiro atoms. The van der Waals surface area contributed by atoms with Gasteiger partial charge < -0.3 is 18.9 Å². The number of hydrogen-bond donors (Lipinski definition) is 0. The fourth-order valence-electron chi connectivity index (χ4n) is 4.62. The molecule has 246 valence electrons. The lowest BCUT2D eigenvalue weighted by atomic mass is 10.0.